The van der Waals surface area contributed by atoms with Crippen LogP contribution in [0.3, 0.4) is 0 Å². The van der Waals surface area contributed by atoms with Gasteiger partial charge in [0.25, 0.3) is 8.32 Å². The molecule has 0 spiro atoms. The van der Waals surface area contributed by atoms with Crippen molar-refractivity contribution in [3.63, 3.8) is 0 Å². The summed E-state index contributed by atoms with van der Waals surface area (Å²) < 4.78 is 24.5. The number of ether oxygens (including phenoxy) is 1. The molecule has 1 unspecified atom stereocenters. The zero-order valence-electron chi connectivity index (χ0n) is 15.6. The highest BCUT2D eigenvalue weighted by Crippen LogP contribution is 2.37. The Balaban J connectivity index is 2.55. The first kappa shape index (κ1) is 20.7. The van der Waals surface area contributed by atoms with Crippen molar-refractivity contribution < 1.29 is 17.8 Å². The van der Waals surface area contributed by atoms with Gasteiger partial charge in [-0.25, -0.2) is 0 Å². The molecule has 2 aromatic rings. The lowest BCUT2D eigenvalue weighted by molar-refractivity contribution is -0.140. The molecule has 3 nitrogen and oxygen atoms in total. The molecule has 0 saturated carbocycles. The van der Waals surface area contributed by atoms with Gasteiger partial charge in [-0.3, -0.25) is 4.79 Å². The number of hydrogen-bond acceptors (Lipinski definition) is 4. The number of methoxy groups -OCH3 is 1. The van der Waals surface area contributed by atoms with E-state index in [1.165, 1.54) is 7.11 Å². The molecule has 0 aromatic heterocycles. The Bertz CT molecular complexity index is 665. The number of carbonyl (C=O) groups excluding carboxylic acids is 1. The first-order chi connectivity index (χ1) is 12.4. The van der Waals surface area contributed by atoms with Crippen LogP contribution in [0.5, 0.6) is 0 Å². The Hall–Kier alpha value is -1.63. The molecule has 2 aromatic carbocycles. The molecule has 140 valence electrons. The van der Waals surface area contributed by atoms with Crippen LogP contribution in [-0.4, -0.2) is 33.3 Å². The third-order valence-corrected chi connectivity index (χ3v) is 9.99. The minimum atomic E-state index is -2.77. The Morgan fingerprint density at radius 1 is 1.04 bits per heavy atom. The summed E-state index contributed by atoms with van der Waals surface area (Å²) in [6, 6.07) is 20.1. The largest absolute Gasteiger partial charge is 0.468 e. The number of esters is 1. The zero-order chi connectivity index (χ0) is 19.2. The van der Waals surface area contributed by atoms with Crippen LogP contribution in [-0.2, 0) is 14.0 Å². The fourth-order valence-electron chi connectivity index (χ4n) is 3.22. The highest BCUT2D eigenvalue weighted by molar-refractivity contribution is 7.95. The van der Waals surface area contributed by atoms with Crippen molar-refractivity contribution in [1.29, 1.82) is 0 Å². The Labute approximate surface area is 160 Å². The third-order valence-electron chi connectivity index (χ3n) is 4.44. The van der Waals surface area contributed by atoms with E-state index in [4.69, 9.17) is 9.16 Å². The zero-order valence-corrected chi connectivity index (χ0v) is 17.4. The standard InChI is InChI=1S/C20H25FO3SSi/c1-20(2,3)26(16-11-7-5-8-12-16,17-13-9-6-10-14-17)24-15-18(25-21)19(22)23-4/h5-14,18H,15H2,1-4H3. The molecule has 0 heterocycles. The van der Waals surface area contributed by atoms with Gasteiger partial charge in [-0.2, -0.15) is 3.89 Å². The molecule has 0 fully saturated rings. The van der Waals surface area contributed by atoms with Crippen LogP contribution >= 0.6 is 12.1 Å². The normalized spacial score (nSPS) is 13.3. The Morgan fingerprint density at radius 2 is 1.50 bits per heavy atom. The van der Waals surface area contributed by atoms with Crippen LogP contribution in [0.15, 0.2) is 60.7 Å². The quantitative estimate of drug-likeness (QED) is 0.531. The van der Waals surface area contributed by atoms with Gasteiger partial charge in [-0.1, -0.05) is 81.4 Å². The third kappa shape index (κ3) is 4.19. The van der Waals surface area contributed by atoms with E-state index in [0.29, 0.717) is 0 Å². The Kier molecular flexibility index (Phi) is 7.03. The Morgan fingerprint density at radius 3 is 1.85 bits per heavy atom. The number of rotatable bonds is 7. The molecule has 0 aliphatic heterocycles. The monoisotopic (exact) mass is 392 g/mol. The molecule has 0 radical (unpaired) electrons. The molecule has 0 aliphatic carbocycles. The minimum Gasteiger partial charge on any atom is -0.468 e. The van der Waals surface area contributed by atoms with E-state index in [9.17, 15) is 8.68 Å². The van der Waals surface area contributed by atoms with E-state index in [2.05, 4.69) is 45.0 Å². The van der Waals surface area contributed by atoms with Crippen molar-refractivity contribution in [2.45, 2.75) is 31.1 Å². The van der Waals surface area contributed by atoms with Gasteiger partial charge >= 0.3 is 5.97 Å². The van der Waals surface area contributed by atoms with Gasteiger partial charge in [0, 0.05) is 0 Å². The summed E-state index contributed by atoms with van der Waals surface area (Å²) in [7, 11) is -1.52. The maximum absolute atomic E-state index is 13.3. The van der Waals surface area contributed by atoms with Gasteiger partial charge < -0.3 is 9.16 Å². The number of hydrogen-bond donors (Lipinski definition) is 0. The molecular weight excluding hydrogens is 367 g/mol. The van der Waals surface area contributed by atoms with Crippen LogP contribution in [0.4, 0.5) is 3.89 Å². The minimum absolute atomic E-state index is 0.0330. The van der Waals surface area contributed by atoms with Gasteiger partial charge in [0.1, 0.15) is 0 Å². The second-order valence-electron chi connectivity index (χ2n) is 7.08. The fourth-order valence-corrected chi connectivity index (χ4v) is 8.21. The average Bonchev–Trinajstić information content (AvgIpc) is 2.65. The van der Waals surface area contributed by atoms with Crippen LogP contribution < -0.4 is 10.4 Å². The molecule has 6 heteroatoms. The van der Waals surface area contributed by atoms with Crippen molar-refractivity contribution in [1.82, 2.24) is 0 Å². The van der Waals surface area contributed by atoms with E-state index in [-0.39, 0.29) is 23.8 Å². The lowest BCUT2D eigenvalue weighted by Crippen LogP contribution is -2.67. The van der Waals surface area contributed by atoms with Crippen LogP contribution in [0.25, 0.3) is 0 Å². The summed E-state index contributed by atoms with van der Waals surface area (Å²) in [5.74, 6) is -0.615. The first-order valence-electron chi connectivity index (χ1n) is 8.47. The molecule has 0 aliphatic rings. The SMILES string of the molecule is COC(=O)C(CO[Si](c1ccccc1)(c1ccccc1)C(C)(C)C)SF. The number of benzene rings is 2. The molecule has 0 saturated heterocycles. The van der Waals surface area contributed by atoms with Gasteiger partial charge in [0.2, 0.25) is 0 Å². The molecular formula is C20H25FO3SSi. The van der Waals surface area contributed by atoms with Gasteiger partial charge in [-0.05, 0) is 15.4 Å². The number of halogens is 1. The topological polar surface area (TPSA) is 35.5 Å². The lowest BCUT2D eigenvalue weighted by Gasteiger charge is -2.43. The molecule has 0 amide bonds. The molecule has 0 bridgehead atoms. The van der Waals surface area contributed by atoms with E-state index in [1.807, 2.05) is 36.4 Å². The number of carbonyl (C=O) groups is 1. The summed E-state index contributed by atoms with van der Waals surface area (Å²) in [5, 5.41) is 0.955. The molecule has 2 rings (SSSR count). The highest BCUT2D eigenvalue weighted by Gasteiger charge is 2.50. The molecule has 26 heavy (non-hydrogen) atoms. The van der Waals surface area contributed by atoms with Crippen LogP contribution in [0.2, 0.25) is 5.04 Å². The van der Waals surface area contributed by atoms with Gasteiger partial charge in [0.15, 0.2) is 5.25 Å². The summed E-state index contributed by atoms with van der Waals surface area (Å²) >= 11 is -0.0330. The molecule has 1 atom stereocenters. The lowest BCUT2D eigenvalue weighted by atomic mass is 10.2. The van der Waals surface area contributed by atoms with Gasteiger partial charge in [-0.15, -0.1) is 0 Å². The first-order valence-corrected chi connectivity index (χ1v) is 11.2. The predicted octanol–water partition coefficient (Wildman–Crippen LogP) is 3.72. The maximum Gasteiger partial charge on any atom is 0.323 e. The summed E-state index contributed by atoms with van der Waals surface area (Å²) in [6.45, 7) is 6.36. The van der Waals surface area contributed by atoms with Crippen molar-refractivity contribution in [2.75, 3.05) is 13.7 Å². The maximum atomic E-state index is 13.3. The smallest absolute Gasteiger partial charge is 0.323 e. The van der Waals surface area contributed by atoms with E-state index in [1.54, 1.807) is 0 Å². The van der Waals surface area contributed by atoms with Crippen molar-refractivity contribution in [3.05, 3.63) is 60.7 Å². The van der Waals surface area contributed by atoms with Crippen molar-refractivity contribution in [3.8, 4) is 0 Å². The van der Waals surface area contributed by atoms with E-state index >= 15 is 0 Å². The van der Waals surface area contributed by atoms with Crippen LogP contribution in [0, 0.1) is 0 Å². The predicted molar refractivity (Wildman–Crippen MR) is 108 cm³/mol. The van der Waals surface area contributed by atoms with Crippen molar-refractivity contribution >= 4 is 36.8 Å². The average molecular weight is 393 g/mol. The summed E-state index contributed by atoms with van der Waals surface area (Å²) in [6.07, 6.45) is 0. The van der Waals surface area contributed by atoms with Crippen molar-refractivity contribution in [2.24, 2.45) is 0 Å². The van der Waals surface area contributed by atoms with E-state index in [0.717, 1.165) is 10.4 Å². The van der Waals surface area contributed by atoms with E-state index < -0.39 is 19.5 Å². The second-order valence-corrected chi connectivity index (χ2v) is 12.1. The summed E-state index contributed by atoms with van der Waals surface area (Å²) in [4.78, 5) is 11.8. The fraction of sp³-hybridized carbons (Fsp3) is 0.350. The molecule has 0 N–H and O–H groups in total. The summed E-state index contributed by atoms with van der Waals surface area (Å²) in [5.41, 5.74) is 0. The highest BCUT2D eigenvalue weighted by atomic mass is 32.2. The second kappa shape index (κ2) is 8.84. The van der Waals surface area contributed by atoms with Crippen LogP contribution in [0.1, 0.15) is 20.8 Å². The van der Waals surface area contributed by atoms with Gasteiger partial charge in [0.05, 0.1) is 25.9 Å².